The molecule has 1 saturated carbocycles. The van der Waals surface area contributed by atoms with Gasteiger partial charge in [-0.1, -0.05) is 31.0 Å². The lowest BCUT2D eigenvalue weighted by molar-refractivity contribution is -0.142. The van der Waals surface area contributed by atoms with Crippen molar-refractivity contribution in [1.29, 1.82) is 0 Å². The lowest BCUT2D eigenvalue weighted by Crippen LogP contribution is -2.38. The van der Waals surface area contributed by atoms with E-state index < -0.39 is 16.0 Å². The summed E-state index contributed by atoms with van der Waals surface area (Å²) in [5, 5.41) is 9.20. The molecule has 1 aliphatic carbocycles. The third-order valence-corrected chi connectivity index (χ3v) is 6.22. The van der Waals surface area contributed by atoms with Gasteiger partial charge in [-0.05, 0) is 49.8 Å². The third-order valence-electron chi connectivity index (χ3n) is 4.22. The monoisotopic (exact) mass is 359 g/mol. The van der Waals surface area contributed by atoms with E-state index in [2.05, 4.69) is 4.72 Å². The molecule has 0 spiro atoms. The second-order valence-electron chi connectivity index (χ2n) is 6.02. The molecule has 1 aromatic carbocycles. The zero-order valence-electron chi connectivity index (χ0n) is 13.1. The average molecular weight is 360 g/mol. The molecule has 1 aromatic rings. The van der Waals surface area contributed by atoms with Crippen molar-refractivity contribution < 1.29 is 18.3 Å². The summed E-state index contributed by atoms with van der Waals surface area (Å²) in [6.07, 6.45) is 3.76. The van der Waals surface area contributed by atoms with Crippen molar-refractivity contribution in [3.05, 3.63) is 28.8 Å². The van der Waals surface area contributed by atoms with E-state index in [1.54, 1.807) is 12.1 Å². The molecule has 7 heteroatoms. The predicted molar refractivity (Wildman–Crippen MR) is 89.2 cm³/mol. The van der Waals surface area contributed by atoms with Crippen LogP contribution >= 0.6 is 11.6 Å². The first-order valence-electron chi connectivity index (χ1n) is 7.87. The molecular formula is C16H22ClNO4S. The van der Waals surface area contributed by atoms with Gasteiger partial charge in [0.25, 0.3) is 0 Å². The summed E-state index contributed by atoms with van der Waals surface area (Å²) in [5.41, 5.74) is 0.937. The number of hydrogen-bond acceptors (Lipinski definition) is 3. The molecule has 1 fully saturated rings. The molecule has 23 heavy (non-hydrogen) atoms. The van der Waals surface area contributed by atoms with Crippen molar-refractivity contribution in [1.82, 2.24) is 4.72 Å². The molecule has 0 radical (unpaired) electrons. The fourth-order valence-corrected chi connectivity index (χ4v) is 4.79. The molecule has 0 bridgehead atoms. The SMILES string of the molecule is CCCc1ccc(Cl)c(S(=O)(=O)NC2CCC(C(=O)O)CC2)c1. The minimum absolute atomic E-state index is 0.102. The van der Waals surface area contributed by atoms with Crippen molar-refractivity contribution in [3.8, 4) is 0 Å². The van der Waals surface area contributed by atoms with Gasteiger partial charge >= 0.3 is 5.97 Å². The Hall–Kier alpha value is -1.11. The molecule has 0 aliphatic heterocycles. The second-order valence-corrected chi connectivity index (χ2v) is 8.11. The molecular weight excluding hydrogens is 338 g/mol. The van der Waals surface area contributed by atoms with Gasteiger partial charge in [-0.2, -0.15) is 0 Å². The third kappa shape index (κ3) is 4.68. The highest BCUT2D eigenvalue weighted by Crippen LogP contribution is 2.28. The summed E-state index contributed by atoms with van der Waals surface area (Å²) in [6.45, 7) is 2.03. The maximum absolute atomic E-state index is 12.6. The summed E-state index contributed by atoms with van der Waals surface area (Å²) < 4.78 is 27.8. The zero-order chi connectivity index (χ0) is 17.0. The number of hydrogen-bond donors (Lipinski definition) is 2. The minimum Gasteiger partial charge on any atom is -0.481 e. The molecule has 0 heterocycles. The van der Waals surface area contributed by atoms with Crippen molar-refractivity contribution in [2.75, 3.05) is 0 Å². The van der Waals surface area contributed by atoms with Crippen LogP contribution in [0, 0.1) is 5.92 Å². The van der Waals surface area contributed by atoms with Crippen LogP contribution < -0.4 is 4.72 Å². The molecule has 0 amide bonds. The topological polar surface area (TPSA) is 83.5 Å². The fourth-order valence-electron chi connectivity index (χ4n) is 2.94. The van der Waals surface area contributed by atoms with Crippen LogP contribution in [-0.4, -0.2) is 25.5 Å². The van der Waals surface area contributed by atoms with Gasteiger partial charge < -0.3 is 5.11 Å². The Labute approximate surface area is 142 Å². The van der Waals surface area contributed by atoms with E-state index in [0.29, 0.717) is 25.7 Å². The Morgan fingerprint density at radius 3 is 2.52 bits per heavy atom. The van der Waals surface area contributed by atoms with E-state index in [0.717, 1.165) is 18.4 Å². The largest absolute Gasteiger partial charge is 0.481 e. The van der Waals surface area contributed by atoms with Gasteiger partial charge in [0.15, 0.2) is 0 Å². The first-order valence-corrected chi connectivity index (χ1v) is 9.73. The lowest BCUT2D eigenvalue weighted by Gasteiger charge is -2.26. The van der Waals surface area contributed by atoms with Gasteiger partial charge in [-0.25, -0.2) is 13.1 Å². The van der Waals surface area contributed by atoms with Crippen LogP contribution in [0.3, 0.4) is 0 Å². The molecule has 128 valence electrons. The molecule has 1 aliphatic rings. The number of nitrogens with one attached hydrogen (secondary N) is 1. The number of carboxylic acids is 1. The van der Waals surface area contributed by atoms with E-state index in [-0.39, 0.29) is 21.9 Å². The normalized spacial score (nSPS) is 22.0. The molecule has 0 unspecified atom stereocenters. The summed E-state index contributed by atoms with van der Waals surface area (Å²) in [6, 6.07) is 4.84. The number of aliphatic carboxylic acids is 1. The summed E-state index contributed by atoms with van der Waals surface area (Å²) in [5.74, 6) is -1.17. The highest BCUT2D eigenvalue weighted by atomic mass is 35.5. The lowest BCUT2D eigenvalue weighted by atomic mass is 9.87. The van der Waals surface area contributed by atoms with E-state index in [4.69, 9.17) is 16.7 Å². The number of aryl methyl sites for hydroxylation is 1. The van der Waals surface area contributed by atoms with Gasteiger partial charge in [0.1, 0.15) is 4.90 Å². The maximum Gasteiger partial charge on any atom is 0.306 e. The van der Waals surface area contributed by atoms with Crippen LogP contribution in [0.1, 0.15) is 44.6 Å². The number of carbonyl (C=O) groups is 1. The number of sulfonamides is 1. The Morgan fingerprint density at radius 2 is 1.96 bits per heavy atom. The highest BCUT2D eigenvalue weighted by molar-refractivity contribution is 7.89. The van der Waals surface area contributed by atoms with E-state index in [1.165, 1.54) is 0 Å². The fraction of sp³-hybridized carbons (Fsp3) is 0.562. The Kier molecular flexibility index (Phi) is 6.06. The second kappa shape index (κ2) is 7.64. The van der Waals surface area contributed by atoms with Crippen LogP contribution in [0.15, 0.2) is 23.1 Å². The van der Waals surface area contributed by atoms with Gasteiger partial charge in [-0.15, -0.1) is 0 Å². The van der Waals surface area contributed by atoms with Gasteiger partial charge in [0.2, 0.25) is 10.0 Å². The van der Waals surface area contributed by atoms with E-state index >= 15 is 0 Å². The van der Waals surface area contributed by atoms with Crippen LogP contribution in [0.2, 0.25) is 5.02 Å². The molecule has 0 saturated heterocycles. The highest BCUT2D eigenvalue weighted by Gasteiger charge is 2.29. The maximum atomic E-state index is 12.6. The summed E-state index contributed by atoms with van der Waals surface area (Å²) in [7, 11) is -3.70. The van der Waals surface area contributed by atoms with Crippen molar-refractivity contribution in [2.45, 2.75) is 56.4 Å². The van der Waals surface area contributed by atoms with Gasteiger partial charge in [-0.3, -0.25) is 4.79 Å². The average Bonchev–Trinajstić information content (AvgIpc) is 2.49. The van der Waals surface area contributed by atoms with Crippen LogP contribution in [0.5, 0.6) is 0 Å². The Balaban J connectivity index is 2.10. The summed E-state index contributed by atoms with van der Waals surface area (Å²) >= 11 is 6.07. The van der Waals surface area contributed by atoms with Crippen LogP contribution in [-0.2, 0) is 21.2 Å². The minimum atomic E-state index is -3.70. The first kappa shape index (κ1) is 18.2. The van der Waals surface area contributed by atoms with Crippen molar-refractivity contribution >= 4 is 27.6 Å². The Morgan fingerprint density at radius 1 is 1.30 bits per heavy atom. The van der Waals surface area contributed by atoms with E-state index in [1.807, 2.05) is 13.0 Å². The van der Waals surface area contributed by atoms with E-state index in [9.17, 15) is 13.2 Å². The summed E-state index contributed by atoms with van der Waals surface area (Å²) in [4.78, 5) is 11.1. The van der Waals surface area contributed by atoms with Crippen molar-refractivity contribution in [2.24, 2.45) is 5.92 Å². The van der Waals surface area contributed by atoms with Crippen molar-refractivity contribution in [3.63, 3.8) is 0 Å². The standard InChI is InChI=1S/C16H22ClNO4S/c1-2-3-11-4-9-14(17)15(10-11)23(21,22)18-13-7-5-12(6-8-13)16(19)20/h4,9-10,12-13,18H,2-3,5-8H2,1H3,(H,19,20). The zero-order valence-corrected chi connectivity index (χ0v) is 14.7. The Bertz CT molecular complexity index is 667. The number of benzene rings is 1. The smallest absolute Gasteiger partial charge is 0.306 e. The quantitative estimate of drug-likeness (QED) is 0.816. The first-order chi connectivity index (χ1) is 10.8. The van der Waals surface area contributed by atoms with Gasteiger partial charge in [0, 0.05) is 6.04 Å². The number of halogens is 1. The number of rotatable bonds is 6. The molecule has 5 nitrogen and oxygen atoms in total. The molecule has 2 N–H and O–H groups in total. The number of carboxylic acid groups (broad SMARTS) is 1. The molecule has 2 rings (SSSR count). The molecule has 0 aromatic heterocycles. The van der Waals surface area contributed by atoms with Crippen LogP contribution in [0.25, 0.3) is 0 Å². The molecule has 0 atom stereocenters. The van der Waals surface area contributed by atoms with Gasteiger partial charge in [0.05, 0.1) is 10.9 Å². The predicted octanol–water partition coefficient (Wildman–Crippen LogP) is 3.21. The van der Waals surface area contributed by atoms with Crippen LogP contribution in [0.4, 0.5) is 0 Å².